The molecule has 4 bridgehead atoms. The van der Waals surface area contributed by atoms with Gasteiger partial charge in [-0.05, 0) is 41.8 Å². The van der Waals surface area contributed by atoms with E-state index in [0.29, 0.717) is 28.4 Å². The third kappa shape index (κ3) is 6.25. The molecule has 35 heavy (non-hydrogen) atoms. The summed E-state index contributed by atoms with van der Waals surface area (Å²) >= 11 is 0. The fraction of sp³-hybridized carbons (Fsp3) is 0.304. The summed E-state index contributed by atoms with van der Waals surface area (Å²) in [4.78, 5) is 48.5. The summed E-state index contributed by atoms with van der Waals surface area (Å²) in [5, 5.41) is 33.1. The first-order chi connectivity index (χ1) is 16.6. The quantitative estimate of drug-likeness (QED) is 0.324. The predicted molar refractivity (Wildman–Crippen MR) is 120 cm³/mol. The molecule has 2 heterocycles. The second-order valence-electron chi connectivity index (χ2n) is 7.91. The van der Waals surface area contributed by atoms with Gasteiger partial charge in [0.2, 0.25) is 11.8 Å². The lowest BCUT2D eigenvalue weighted by atomic mass is 10.0. The normalized spacial score (nSPS) is 21.6. The summed E-state index contributed by atoms with van der Waals surface area (Å²) in [6.07, 6.45) is -2.54. The zero-order valence-electron chi connectivity index (χ0n) is 18.6. The Morgan fingerprint density at radius 2 is 1.69 bits per heavy atom. The SMILES string of the molecule is COc1ccc2cc1Oc1ccc(cc1)CC(C(=O)O)NC(=O)C(C(O)C(=O)O)NC(=O)C(N)C2. The van der Waals surface area contributed by atoms with Crippen molar-refractivity contribution in [1.82, 2.24) is 10.6 Å². The minimum atomic E-state index is -2.34. The van der Waals surface area contributed by atoms with Crippen molar-refractivity contribution >= 4 is 23.8 Å². The van der Waals surface area contributed by atoms with E-state index in [0.717, 1.165) is 0 Å². The largest absolute Gasteiger partial charge is 0.493 e. The van der Waals surface area contributed by atoms with Gasteiger partial charge in [0.1, 0.15) is 17.8 Å². The first-order valence-corrected chi connectivity index (χ1v) is 10.5. The van der Waals surface area contributed by atoms with E-state index in [1.165, 1.54) is 7.11 Å². The van der Waals surface area contributed by atoms with Gasteiger partial charge in [-0.2, -0.15) is 0 Å². The maximum atomic E-state index is 12.8. The fourth-order valence-corrected chi connectivity index (χ4v) is 3.48. The number of carbonyl (C=O) groups is 4. The molecular formula is C23H25N3O9. The van der Waals surface area contributed by atoms with E-state index < -0.39 is 48.0 Å². The molecule has 2 amide bonds. The van der Waals surface area contributed by atoms with E-state index in [-0.39, 0.29) is 12.8 Å². The molecule has 186 valence electrons. The number of aliphatic hydroxyl groups is 1. The Morgan fingerprint density at radius 3 is 2.29 bits per heavy atom. The smallest absolute Gasteiger partial charge is 0.335 e. The number of rotatable bonds is 4. The lowest BCUT2D eigenvalue weighted by molar-refractivity contribution is -0.152. The Hall–Kier alpha value is -4.16. The molecule has 2 aromatic rings. The van der Waals surface area contributed by atoms with E-state index in [2.05, 4.69) is 10.6 Å². The zero-order chi connectivity index (χ0) is 25.7. The number of carboxylic acid groups (broad SMARTS) is 2. The number of carbonyl (C=O) groups excluding carboxylic acids is 2. The molecule has 0 aromatic heterocycles. The molecule has 2 aliphatic heterocycles. The molecule has 4 atom stereocenters. The van der Waals surface area contributed by atoms with Crippen LogP contribution in [0.3, 0.4) is 0 Å². The number of carboxylic acids is 2. The third-order valence-corrected chi connectivity index (χ3v) is 5.37. The van der Waals surface area contributed by atoms with Crippen molar-refractivity contribution in [3.05, 3.63) is 53.6 Å². The van der Waals surface area contributed by atoms with Crippen LogP contribution in [0.4, 0.5) is 0 Å². The summed E-state index contributed by atoms with van der Waals surface area (Å²) in [5.74, 6) is -4.12. The van der Waals surface area contributed by atoms with Crippen LogP contribution in [0.1, 0.15) is 11.1 Å². The van der Waals surface area contributed by atoms with E-state index in [4.69, 9.17) is 15.2 Å². The van der Waals surface area contributed by atoms with Gasteiger partial charge in [0.15, 0.2) is 17.6 Å². The van der Waals surface area contributed by atoms with Gasteiger partial charge in [-0.15, -0.1) is 0 Å². The molecule has 2 aliphatic rings. The molecule has 7 N–H and O–H groups in total. The maximum Gasteiger partial charge on any atom is 0.335 e. The minimum Gasteiger partial charge on any atom is -0.493 e. The van der Waals surface area contributed by atoms with Crippen LogP contribution in [0, 0.1) is 0 Å². The molecule has 0 saturated heterocycles. The van der Waals surface area contributed by atoms with Crippen LogP contribution in [0.15, 0.2) is 42.5 Å². The summed E-state index contributed by atoms with van der Waals surface area (Å²) in [6, 6.07) is 6.62. The Kier molecular flexibility index (Phi) is 7.89. The van der Waals surface area contributed by atoms with Crippen molar-refractivity contribution in [2.24, 2.45) is 5.73 Å². The lowest BCUT2D eigenvalue weighted by Gasteiger charge is -2.24. The first-order valence-electron chi connectivity index (χ1n) is 10.5. The van der Waals surface area contributed by atoms with Crippen LogP contribution in [0.25, 0.3) is 0 Å². The average Bonchev–Trinajstić information content (AvgIpc) is 2.82. The van der Waals surface area contributed by atoms with E-state index in [1.807, 2.05) is 0 Å². The highest BCUT2D eigenvalue weighted by atomic mass is 16.5. The van der Waals surface area contributed by atoms with Gasteiger partial charge < -0.3 is 41.2 Å². The Balaban J connectivity index is 2.04. The molecule has 0 radical (unpaired) electrons. The van der Waals surface area contributed by atoms with Crippen molar-refractivity contribution in [3.63, 3.8) is 0 Å². The molecule has 0 fully saturated rings. The highest BCUT2D eigenvalue weighted by Crippen LogP contribution is 2.33. The average molecular weight is 487 g/mol. The zero-order valence-corrected chi connectivity index (χ0v) is 18.6. The number of methoxy groups -OCH3 is 1. The number of hydrogen-bond donors (Lipinski definition) is 6. The van der Waals surface area contributed by atoms with Crippen LogP contribution in [0.5, 0.6) is 17.2 Å². The van der Waals surface area contributed by atoms with Gasteiger partial charge in [0, 0.05) is 6.42 Å². The number of nitrogens with two attached hydrogens (primary N) is 1. The predicted octanol–water partition coefficient (Wildman–Crippen LogP) is -0.587. The summed E-state index contributed by atoms with van der Waals surface area (Å²) < 4.78 is 11.2. The topological polar surface area (TPSA) is 198 Å². The van der Waals surface area contributed by atoms with Gasteiger partial charge >= 0.3 is 11.9 Å². The van der Waals surface area contributed by atoms with Crippen molar-refractivity contribution in [2.75, 3.05) is 7.11 Å². The van der Waals surface area contributed by atoms with Gasteiger partial charge in [0.05, 0.1) is 13.2 Å². The number of ether oxygens (including phenoxy) is 2. The Morgan fingerprint density at radius 1 is 1.03 bits per heavy atom. The number of amides is 2. The van der Waals surface area contributed by atoms with Crippen molar-refractivity contribution in [1.29, 1.82) is 0 Å². The minimum absolute atomic E-state index is 0.0274. The number of hydrogen-bond acceptors (Lipinski definition) is 8. The highest BCUT2D eigenvalue weighted by Gasteiger charge is 2.36. The van der Waals surface area contributed by atoms with Crippen LogP contribution >= 0.6 is 0 Å². The number of benzene rings is 2. The molecule has 0 saturated carbocycles. The molecule has 4 rings (SSSR count). The number of fused-ring (bicyclic) bond motifs is 10. The van der Waals surface area contributed by atoms with E-state index in [9.17, 15) is 34.5 Å². The molecule has 0 spiro atoms. The molecule has 0 aliphatic carbocycles. The standard InChI is InChI=1S/C23H25N3O9/c1-34-16-7-4-12-8-14(24)20(28)26-18(19(27)23(32)33)21(29)25-15(22(30)31)9-11-2-5-13(6-3-11)35-17(16)10-12/h2-7,10,14-15,18-19,27H,8-9,24H2,1H3,(H,25,29)(H,26,28)(H,30,31)(H,32,33). The van der Waals surface area contributed by atoms with Gasteiger partial charge in [-0.25, -0.2) is 9.59 Å². The monoisotopic (exact) mass is 487 g/mol. The second-order valence-corrected chi connectivity index (χ2v) is 7.91. The summed E-state index contributed by atoms with van der Waals surface area (Å²) in [6.45, 7) is 0. The van der Waals surface area contributed by atoms with Crippen LogP contribution in [0.2, 0.25) is 0 Å². The molecule has 4 unspecified atom stereocenters. The lowest BCUT2D eigenvalue weighted by Crippen LogP contribution is -2.60. The summed E-state index contributed by atoms with van der Waals surface area (Å²) in [7, 11) is 1.46. The molecule has 2 aromatic carbocycles. The van der Waals surface area contributed by atoms with Crippen LogP contribution in [-0.2, 0) is 32.0 Å². The van der Waals surface area contributed by atoms with Crippen molar-refractivity contribution < 1.29 is 44.0 Å². The molecule has 12 nitrogen and oxygen atoms in total. The van der Waals surface area contributed by atoms with Crippen LogP contribution < -0.4 is 25.8 Å². The van der Waals surface area contributed by atoms with Gasteiger partial charge in [0.25, 0.3) is 0 Å². The van der Waals surface area contributed by atoms with Crippen molar-refractivity contribution in [3.8, 4) is 17.2 Å². The molecular weight excluding hydrogens is 462 g/mol. The van der Waals surface area contributed by atoms with Gasteiger partial charge in [-0.1, -0.05) is 18.2 Å². The summed E-state index contributed by atoms with van der Waals surface area (Å²) in [5.41, 5.74) is 7.07. The number of aliphatic carboxylic acids is 2. The van der Waals surface area contributed by atoms with Crippen LogP contribution in [-0.4, -0.2) is 70.4 Å². The second kappa shape index (κ2) is 10.8. The highest BCUT2D eigenvalue weighted by molar-refractivity contribution is 5.95. The fourth-order valence-electron chi connectivity index (χ4n) is 3.48. The third-order valence-electron chi connectivity index (χ3n) is 5.37. The molecule has 12 heteroatoms. The van der Waals surface area contributed by atoms with Gasteiger partial charge in [-0.3, -0.25) is 9.59 Å². The Bertz CT molecular complexity index is 1120. The van der Waals surface area contributed by atoms with Crippen molar-refractivity contribution in [2.45, 2.75) is 37.1 Å². The number of aliphatic hydroxyl groups excluding tert-OH is 1. The first kappa shape index (κ1) is 25.5. The van der Waals surface area contributed by atoms with E-state index in [1.54, 1.807) is 42.5 Å². The number of nitrogens with one attached hydrogen (secondary N) is 2. The Labute approximate surface area is 199 Å². The van der Waals surface area contributed by atoms with E-state index >= 15 is 0 Å². The maximum absolute atomic E-state index is 12.8.